The molecule has 166 valence electrons. The summed E-state index contributed by atoms with van der Waals surface area (Å²) in [5.41, 5.74) is 3.15. The number of pyridine rings is 1. The Morgan fingerprint density at radius 2 is 1.94 bits per heavy atom. The number of carboxylic acid groups (broad SMARTS) is 1. The fourth-order valence-corrected chi connectivity index (χ4v) is 5.09. The quantitative estimate of drug-likeness (QED) is 0.600. The summed E-state index contributed by atoms with van der Waals surface area (Å²) in [4.78, 5) is 12.7. The molecule has 0 aliphatic carbocycles. The van der Waals surface area contributed by atoms with Gasteiger partial charge in [0.05, 0.1) is 19.1 Å². The second kappa shape index (κ2) is 7.25. The van der Waals surface area contributed by atoms with E-state index in [9.17, 15) is 14.3 Å². The zero-order valence-corrected chi connectivity index (χ0v) is 17.3. The zero-order chi connectivity index (χ0) is 21.8. The standard InChI is InChI=1S/C22H22FN5O4/c23-16-1-2-17-19-13(9-31-17)10-32-18-7-14(12-3-5-27(6-4-12)22(29)30)20-26-25-11-28(20)21(18)24-8-15(16)19/h1-2,7,11-13,24H,3-6,8-10H2,(H,29,30)/t13-/m0/s1. The summed E-state index contributed by atoms with van der Waals surface area (Å²) >= 11 is 0. The zero-order valence-electron chi connectivity index (χ0n) is 17.3. The Hall–Kier alpha value is -3.56. The van der Waals surface area contributed by atoms with Crippen molar-refractivity contribution in [2.24, 2.45) is 0 Å². The smallest absolute Gasteiger partial charge is 0.407 e. The normalized spacial score (nSPS) is 20.3. The van der Waals surface area contributed by atoms with Gasteiger partial charge in [0.2, 0.25) is 0 Å². The molecular weight excluding hydrogens is 417 g/mol. The Bertz CT molecular complexity index is 1220. The first-order chi connectivity index (χ1) is 15.6. The number of nitrogens with zero attached hydrogens (tertiary/aromatic N) is 4. The number of amides is 1. The summed E-state index contributed by atoms with van der Waals surface area (Å²) in [6.45, 7) is 2.06. The van der Waals surface area contributed by atoms with Gasteiger partial charge in [0, 0.05) is 36.3 Å². The fraction of sp³-hybridized carbons (Fsp3) is 0.409. The molecule has 1 saturated heterocycles. The van der Waals surface area contributed by atoms with Crippen LogP contribution in [-0.2, 0) is 6.54 Å². The largest absolute Gasteiger partial charge is 0.493 e. The molecule has 1 amide bonds. The van der Waals surface area contributed by atoms with Gasteiger partial charge >= 0.3 is 6.09 Å². The summed E-state index contributed by atoms with van der Waals surface area (Å²) in [5.74, 6) is 1.86. The Morgan fingerprint density at radius 1 is 1.16 bits per heavy atom. The molecule has 3 aliphatic rings. The molecule has 0 unspecified atom stereocenters. The number of fused-ring (bicyclic) bond motifs is 3. The van der Waals surface area contributed by atoms with Crippen LogP contribution in [0.15, 0.2) is 24.5 Å². The van der Waals surface area contributed by atoms with Crippen LogP contribution in [0.3, 0.4) is 0 Å². The molecule has 0 spiro atoms. The summed E-state index contributed by atoms with van der Waals surface area (Å²) in [6, 6.07) is 5.11. The molecule has 1 aromatic carbocycles. The highest BCUT2D eigenvalue weighted by atomic mass is 19.1. The lowest BCUT2D eigenvalue weighted by Gasteiger charge is -2.30. The van der Waals surface area contributed by atoms with Crippen LogP contribution in [-0.4, -0.2) is 57.0 Å². The second-order valence-electron chi connectivity index (χ2n) is 8.49. The third-order valence-electron chi connectivity index (χ3n) is 6.75. The highest BCUT2D eigenvalue weighted by Gasteiger charge is 2.32. The molecule has 2 aromatic heterocycles. The van der Waals surface area contributed by atoms with E-state index in [1.54, 1.807) is 12.4 Å². The van der Waals surface area contributed by atoms with E-state index in [0.717, 1.165) is 11.1 Å². The molecule has 10 heteroatoms. The Kier molecular flexibility index (Phi) is 4.34. The van der Waals surface area contributed by atoms with E-state index in [1.165, 1.54) is 11.0 Å². The Balaban J connectivity index is 1.39. The minimum atomic E-state index is -0.886. The van der Waals surface area contributed by atoms with Gasteiger partial charge in [0.15, 0.2) is 17.2 Å². The maximum Gasteiger partial charge on any atom is 0.407 e. The summed E-state index contributed by atoms with van der Waals surface area (Å²) in [6.07, 6.45) is 2.15. The van der Waals surface area contributed by atoms with E-state index in [2.05, 4.69) is 15.5 Å². The average molecular weight is 439 g/mol. The van der Waals surface area contributed by atoms with Gasteiger partial charge in [-0.1, -0.05) is 0 Å². The van der Waals surface area contributed by atoms with E-state index in [4.69, 9.17) is 9.47 Å². The molecule has 9 nitrogen and oxygen atoms in total. The molecule has 6 rings (SSSR count). The van der Waals surface area contributed by atoms with E-state index in [0.29, 0.717) is 67.7 Å². The first kappa shape index (κ1) is 19.1. The van der Waals surface area contributed by atoms with Crippen LogP contribution < -0.4 is 14.8 Å². The molecule has 3 aromatic rings. The predicted octanol–water partition coefficient (Wildman–Crippen LogP) is 3.21. The topological polar surface area (TPSA) is 101 Å². The van der Waals surface area contributed by atoms with Crippen molar-refractivity contribution in [1.82, 2.24) is 19.5 Å². The number of aromatic nitrogens is 3. The molecule has 0 saturated carbocycles. The Labute approximate surface area is 182 Å². The van der Waals surface area contributed by atoms with Crippen molar-refractivity contribution in [3.8, 4) is 11.5 Å². The molecular formula is C22H22FN5O4. The molecule has 2 N–H and O–H groups in total. The maximum absolute atomic E-state index is 14.7. The SMILES string of the molecule is O=C(O)N1CCC(c2cc3c(n4cnnc24)NCc2c(F)ccc4c2[C@@H](CO4)CO3)CC1. The minimum Gasteiger partial charge on any atom is -0.493 e. The van der Waals surface area contributed by atoms with Crippen LogP contribution in [0.5, 0.6) is 11.5 Å². The van der Waals surface area contributed by atoms with Crippen molar-refractivity contribution >= 4 is 17.6 Å². The lowest BCUT2D eigenvalue weighted by atomic mass is 9.90. The number of hydrogen-bond acceptors (Lipinski definition) is 6. The molecule has 5 heterocycles. The van der Waals surface area contributed by atoms with Gasteiger partial charge in [-0.05, 0) is 37.0 Å². The average Bonchev–Trinajstić information content (AvgIpc) is 3.45. The van der Waals surface area contributed by atoms with Crippen LogP contribution in [0.1, 0.15) is 41.4 Å². The molecule has 3 aliphatic heterocycles. The maximum atomic E-state index is 14.7. The number of anilines is 1. The van der Waals surface area contributed by atoms with Crippen LogP contribution in [0.25, 0.3) is 5.65 Å². The third-order valence-corrected chi connectivity index (χ3v) is 6.75. The van der Waals surface area contributed by atoms with Crippen molar-refractivity contribution in [2.45, 2.75) is 31.2 Å². The van der Waals surface area contributed by atoms with Crippen molar-refractivity contribution < 1.29 is 23.8 Å². The molecule has 1 fully saturated rings. The lowest BCUT2D eigenvalue weighted by Crippen LogP contribution is -2.36. The van der Waals surface area contributed by atoms with E-state index < -0.39 is 6.09 Å². The van der Waals surface area contributed by atoms with Crippen LogP contribution in [0, 0.1) is 5.82 Å². The van der Waals surface area contributed by atoms with Crippen molar-refractivity contribution in [3.05, 3.63) is 47.0 Å². The Morgan fingerprint density at radius 3 is 2.72 bits per heavy atom. The van der Waals surface area contributed by atoms with Crippen LogP contribution >= 0.6 is 0 Å². The van der Waals surface area contributed by atoms with E-state index in [1.807, 2.05) is 10.5 Å². The van der Waals surface area contributed by atoms with Gasteiger partial charge in [-0.2, -0.15) is 0 Å². The molecule has 0 radical (unpaired) electrons. The number of ether oxygens (including phenoxy) is 2. The molecule has 32 heavy (non-hydrogen) atoms. The first-order valence-electron chi connectivity index (χ1n) is 10.8. The monoisotopic (exact) mass is 439 g/mol. The third kappa shape index (κ3) is 2.93. The van der Waals surface area contributed by atoms with Gasteiger partial charge in [-0.3, -0.25) is 4.40 Å². The first-order valence-corrected chi connectivity index (χ1v) is 10.8. The van der Waals surface area contributed by atoms with Crippen LogP contribution in [0.2, 0.25) is 0 Å². The molecule has 0 bridgehead atoms. The second-order valence-corrected chi connectivity index (χ2v) is 8.49. The number of nitrogens with one attached hydrogen (secondary N) is 1. The van der Waals surface area contributed by atoms with Gasteiger partial charge in [0.25, 0.3) is 0 Å². The highest BCUT2D eigenvalue weighted by molar-refractivity contribution is 5.66. The number of rotatable bonds is 1. The number of piperidine rings is 1. The summed E-state index contributed by atoms with van der Waals surface area (Å²) in [7, 11) is 0. The van der Waals surface area contributed by atoms with Gasteiger partial charge < -0.3 is 24.8 Å². The summed E-state index contributed by atoms with van der Waals surface area (Å²) in [5, 5.41) is 21.0. The predicted molar refractivity (Wildman–Crippen MR) is 112 cm³/mol. The van der Waals surface area contributed by atoms with Gasteiger partial charge in [-0.25, -0.2) is 9.18 Å². The summed E-state index contributed by atoms with van der Waals surface area (Å²) < 4.78 is 28.6. The van der Waals surface area contributed by atoms with Crippen LogP contribution in [0.4, 0.5) is 15.0 Å². The van der Waals surface area contributed by atoms with E-state index in [-0.39, 0.29) is 24.2 Å². The lowest BCUT2D eigenvalue weighted by molar-refractivity contribution is 0.132. The van der Waals surface area contributed by atoms with E-state index >= 15 is 0 Å². The van der Waals surface area contributed by atoms with Crippen molar-refractivity contribution in [2.75, 3.05) is 31.6 Å². The highest BCUT2D eigenvalue weighted by Crippen LogP contribution is 2.42. The fourth-order valence-electron chi connectivity index (χ4n) is 5.09. The number of likely N-dealkylation sites (tertiary alicyclic amines) is 1. The number of hydrogen-bond donors (Lipinski definition) is 2. The van der Waals surface area contributed by atoms with Gasteiger partial charge in [-0.15, -0.1) is 10.2 Å². The number of benzene rings is 1. The van der Waals surface area contributed by atoms with Crippen molar-refractivity contribution in [3.63, 3.8) is 0 Å². The van der Waals surface area contributed by atoms with Crippen molar-refractivity contribution in [1.29, 1.82) is 0 Å². The minimum absolute atomic E-state index is 0.0534. The molecule has 1 atom stereocenters. The number of carbonyl (C=O) groups is 1. The number of halogens is 1. The van der Waals surface area contributed by atoms with Gasteiger partial charge in [0.1, 0.15) is 17.9 Å².